The molecule has 148 valence electrons. The number of carbonyl (C=O) groups excluding carboxylic acids is 1. The predicted molar refractivity (Wildman–Crippen MR) is 101 cm³/mol. The standard InChI is InChI=1S/C17H15Cl2N3O5S/c18-10-7-21-16(22-8-10)15(14(23)9-5-12(17(24)25)20-6-9)28(26,27)13-4-2-1-3-11(13)19/h1-4,7-9,12,15,20H,5-6H2,(H,24,25)/t9-,12+,15?/m1/s1. The SMILES string of the molecule is O=C(C(c1ncc(Cl)cn1)S(=O)(=O)c1ccccc1Cl)[C@H]1CN[C@H](C(=O)O)C1. The summed E-state index contributed by atoms with van der Waals surface area (Å²) in [7, 11) is -4.30. The van der Waals surface area contributed by atoms with Gasteiger partial charge in [0.25, 0.3) is 0 Å². The van der Waals surface area contributed by atoms with Crippen molar-refractivity contribution < 1.29 is 23.1 Å². The molecule has 11 heteroatoms. The molecular formula is C17H15Cl2N3O5S. The minimum absolute atomic E-state index is 0.0315. The Kier molecular flexibility index (Phi) is 5.99. The lowest BCUT2D eigenvalue weighted by Gasteiger charge is -2.19. The van der Waals surface area contributed by atoms with Gasteiger partial charge in [0.2, 0.25) is 0 Å². The van der Waals surface area contributed by atoms with E-state index < -0.39 is 38.8 Å². The molecule has 8 nitrogen and oxygen atoms in total. The number of benzene rings is 1. The van der Waals surface area contributed by atoms with Gasteiger partial charge in [-0.2, -0.15) is 0 Å². The number of carboxylic acid groups (broad SMARTS) is 1. The summed E-state index contributed by atoms with van der Waals surface area (Å²) >= 11 is 11.8. The monoisotopic (exact) mass is 443 g/mol. The molecule has 0 spiro atoms. The third-order valence-corrected chi connectivity index (χ3v) is 7.09. The number of carbonyl (C=O) groups is 2. The highest BCUT2D eigenvalue weighted by molar-refractivity contribution is 7.92. The quantitative estimate of drug-likeness (QED) is 0.692. The lowest BCUT2D eigenvalue weighted by atomic mass is 9.98. The van der Waals surface area contributed by atoms with E-state index in [1.54, 1.807) is 6.07 Å². The van der Waals surface area contributed by atoms with Crippen molar-refractivity contribution in [3.8, 4) is 0 Å². The number of aliphatic carboxylic acids is 1. The number of ketones is 1. The maximum atomic E-state index is 13.3. The molecule has 2 N–H and O–H groups in total. The first kappa shape index (κ1) is 20.7. The highest BCUT2D eigenvalue weighted by Gasteiger charge is 2.44. The van der Waals surface area contributed by atoms with Crippen molar-refractivity contribution in [3.63, 3.8) is 0 Å². The molecule has 2 aromatic rings. The third kappa shape index (κ3) is 4.02. The molecule has 28 heavy (non-hydrogen) atoms. The van der Waals surface area contributed by atoms with Crippen LogP contribution in [0.25, 0.3) is 0 Å². The fourth-order valence-corrected chi connectivity index (χ4v) is 5.35. The van der Waals surface area contributed by atoms with Crippen LogP contribution in [-0.2, 0) is 19.4 Å². The van der Waals surface area contributed by atoms with Crippen LogP contribution >= 0.6 is 23.2 Å². The first-order valence-electron chi connectivity index (χ1n) is 8.17. The summed E-state index contributed by atoms with van der Waals surface area (Å²) in [4.78, 5) is 31.9. The Morgan fingerprint density at radius 2 is 1.82 bits per heavy atom. The van der Waals surface area contributed by atoms with Crippen molar-refractivity contribution in [3.05, 3.63) is 52.5 Å². The molecule has 1 fully saturated rings. The fraction of sp³-hybridized carbons (Fsp3) is 0.294. The van der Waals surface area contributed by atoms with Crippen LogP contribution in [0.4, 0.5) is 0 Å². The number of sulfone groups is 1. The fourth-order valence-electron chi connectivity index (χ4n) is 3.03. The summed E-state index contributed by atoms with van der Waals surface area (Å²) in [6.07, 6.45) is 2.36. The van der Waals surface area contributed by atoms with E-state index in [-0.39, 0.29) is 33.7 Å². The number of aromatic nitrogens is 2. The average Bonchev–Trinajstić information content (AvgIpc) is 3.14. The predicted octanol–water partition coefficient (Wildman–Crippen LogP) is 1.93. The van der Waals surface area contributed by atoms with Gasteiger partial charge in [-0.25, -0.2) is 18.4 Å². The molecule has 1 saturated heterocycles. The van der Waals surface area contributed by atoms with Gasteiger partial charge in [-0.15, -0.1) is 0 Å². The van der Waals surface area contributed by atoms with E-state index >= 15 is 0 Å². The molecule has 0 amide bonds. The van der Waals surface area contributed by atoms with Crippen LogP contribution in [0.5, 0.6) is 0 Å². The lowest BCUT2D eigenvalue weighted by Crippen LogP contribution is -2.31. The van der Waals surface area contributed by atoms with Gasteiger partial charge in [0.05, 0.1) is 14.9 Å². The molecule has 3 atom stereocenters. The van der Waals surface area contributed by atoms with Gasteiger partial charge in [-0.1, -0.05) is 35.3 Å². The largest absolute Gasteiger partial charge is 0.480 e. The number of halogens is 2. The molecule has 0 bridgehead atoms. The molecule has 3 rings (SSSR count). The zero-order valence-corrected chi connectivity index (χ0v) is 16.6. The van der Waals surface area contributed by atoms with E-state index in [1.165, 1.54) is 30.6 Å². The summed E-state index contributed by atoms with van der Waals surface area (Å²) in [5.41, 5.74) is 0. The Morgan fingerprint density at radius 3 is 2.39 bits per heavy atom. The van der Waals surface area contributed by atoms with E-state index in [0.29, 0.717) is 0 Å². The molecule has 1 aliphatic heterocycles. The summed E-state index contributed by atoms with van der Waals surface area (Å²) in [6.45, 7) is 0.0396. The Bertz CT molecular complexity index is 1010. The van der Waals surface area contributed by atoms with Crippen molar-refractivity contribution in [1.29, 1.82) is 0 Å². The van der Waals surface area contributed by atoms with Gasteiger partial charge in [-0.05, 0) is 18.6 Å². The number of Topliss-reactive ketones (excluding diaryl/α,β-unsaturated/α-hetero) is 1. The topological polar surface area (TPSA) is 126 Å². The molecule has 1 aromatic heterocycles. The van der Waals surface area contributed by atoms with Gasteiger partial charge in [0, 0.05) is 24.9 Å². The van der Waals surface area contributed by atoms with Crippen molar-refractivity contribution >= 4 is 44.8 Å². The van der Waals surface area contributed by atoms with Crippen molar-refractivity contribution in [1.82, 2.24) is 15.3 Å². The smallest absolute Gasteiger partial charge is 0.320 e. The lowest BCUT2D eigenvalue weighted by molar-refractivity contribution is -0.139. The molecule has 1 aromatic carbocycles. The maximum absolute atomic E-state index is 13.3. The Labute approximate surface area is 170 Å². The number of carboxylic acids is 1. The van der Waals surface area contributed by atoms with E-state index in [1.807, 2.05) is 0 Å². The van der Waals surface area contributed by atoms with Crippen molar-refractivity contribution in [2.75, 3.05) is 6.54 Å². The highest BCUT2D eigenvalue weighted by atomic mass is 35.5. The van der Waals surface area contributed by atoms with Crippen LogP contribution in [0.2, 0.25) is 10.0 Å². The first-order valence-corrected chi connectivity index (χ1v) is 10.5. The van der Waals surface area contributed by atoms with E-state index in [0.717, 1.165) is 0 Å². The number of rotatable bonds is 6. The molecule has 0 aliphatic carbocycles. The van der Waals surface area contributed by atoms with Gasteiger partial charge < -0.3 is 10.4 Å². The summed E-state index contributed by atoms with van der Waals surface area (Å²) in [5.74, 6) is -2.88. The second-order valence-electron chi connectivity index (χ2n) is 6.25. The second kappa shape index (κ2) is 8.12. The molecule has 0 radical (unpaired) electrons. The normalized spacial score (nSPS) is 20.6. The zero-order chi connectivity index (χ0) is 20.5. The Balaban J connectivity index is 2.06. The number of hydrogen-bond donors (Lipinski definition) is 2. The number of nitrogens with zero attached hydrogens (tertiary/aromatic N) is 2. The van der Waals surface area contributed by atoms with E-state index in [9.17, 15) is 18.0 Å². The van der Waals surface area contributed by atoms with Crippen LogP contribution in [0.1, 0.15) is 17.5 Å². The second-order valence-corrected chi connectivity index (χ2v) is 9.09. The third-order valence-electron chi connectivity index (χ3n) is 4.42. The Morgan fingerprint density at radius 1 is 1.18 bits per heavy atom. The van der Waals surface area contributed by atoms with Crippen LogP contribution in [0.3, 0.4) is 0 Å². The molecular weight excluding hydrogens is 429 g/mol. The average molecular weight is 444 g/mol. The molecule has 0 saturated carbocycles. The number of hydrogen-bond acceptors (Lipinski definition) is 7. The highest BCUT2D eigenvalue weighted by Crippen LogP contribution is 2.35. The minimum atomic E-state index is -4.30. The number of nitrogens with one attached hydrogen (secondary N) is 1. The first-order chi connectivity index (χ1) is 13.2. The van der Waals surface area contributed by atoms with Gasteiger partial charge >= 0.3 is 5.97 Å². The molecule has 2 heterocycles. The summed E-state index contributed by atoms with van der Waals surface area (Å²) in [5, 5.41) is 10.2. The minimum Gasteiger partial charge on any atom is -0.480 e. The van der Waals surface area contributed by atoms with Gasteiger partial charge in [0.1, 0.15) is 6.04 Å². The van der Waals surface area contributed by atoms with Crippen LogP contribution in [0.15, 0.2) is 41.6 Å². The molecule has 1 unspecified atom stereocenters. The van der Waals surface area contributed by atoms with E-state index in [4.69, 9.17) is 28.3 Å². The summed E-state index contributed by atoms with van der Waals surface area (Å²) in [6, 6.07) is 4.82. The van der Waals surface area contributed by atoms with Gasteiger partial charge in [-0.3, -0.25) is 9.59 Å². The van der Waals surface area contributed by atoms with Crippen molar-refractivity contribution in [2.45, 2.75) is 22.6 Å². The Hall–Kier alpha value is -2.07. The summed E-state index contributed by atoms with van der Waals surface area (Å²) < 4.78 is 26.6. The zero-order valence-electron chi connectivity index (χ0n) is 14.2. The van der Waals surface area contributed by atoms with Crippen LogP contribution in [0, 0.1) is 5.92 Å². The van der Waals surface area contributed by atoms with E-state index in [2.05, 4.69) is 15.3 Å². The van der Waals surface area contributed by atoms with Crippen LogP contribution < -0.4 is 5.32 Å². The van der Waals surface area contributed by atoms with Crippen molar-refractivity contribution in [2.24, 2.45) is 5.92 Å². The maximum Gasteiger partial charge on any atom is 0.320 e. The molecule has 1 aliphatic rings. The van der Waals surface area contributed by atoms with Gasteiger partial charge in [0.15, 0.2) is 26.7 Å². The van der Waals surface area contributed by atoms with Crippen LogP contribution in [-0.4, -0.2) is 47.8 Å².